The van der Waals surface area contributed by atoms with Crippen molar-refractivity contribution < 1.29 is 4.79 Å². The Hall–Kier alpha value is -0.370. The first-order chi connectivity index (χ1) is 6.04. The fourth-order valence-electron chi connectivity index (χ4n) is 1.39. The Balaban J connectivity index is 3.80. The molecule has 0 aliphatic carbocycles. The fourth-order valence-corrected chi connectivity index (χ4v) is 1.39. The SMILES string of the molecule is CCCCCC(=O)C(C)(C)NCC. The quantitative estimate of drug-likeness (QED) is 0.617. The van der Waals surface area contributed by atoms with Gasteiger partial charge in [0, 0.05) is 6.42 Å². The van der Waals surface area contributed by atoms with Crippen LogP contribution in [0.5, 0.6) is 0 Å². The largest absolute Gasteiger partial charge is 0.306 e. The highest BCUT2D eigenvalue weighted by Crippen LogP contribution is 2.10. The van der Waals surface area contributed by atoms with Crippen LogP contribution >= 0.6 is 0 Å². The summed E-state index contributed by atoms with van der Waals surface area (Å²) in [6.07, 6.45) is 4.08. The number of Topliss-reactive ketones (excluding diaryl/α,β-unsaturated/α-hetero) is 1. The van der Waals surface area contributed by atoms with E-state index in [4.69, 9.17) is 0 Å². The highest BCUT2D eigenvalue weighted by molar-refractivity contribution is 5.87. The fraction of sp³-hybridized carbons (Fsp3) is 0.909. The van der Waals surface area contributed by atoms with Gasteiger partial charge in [-0.2, -0.15) is 0 Å². The lowest BCUT2D eigenvalue weighted by molar-refractivity contribution is -0.124. The highest BCUT2D eigenvalue weighted by Gasteiger charge is 2.24. The van der Waals surface area contributed by atoms with E-state index in [0.717, 1.165) is 19.4 Å². The third-order valence-electron chi connectivity index (χ3n) is 2.32. The van der Waals surface area contributed by atoms with Crippen LogP contribution < -0.4 is 5.32 Å². The van der Waals surface area contributed by atoms with Gasteiger partial charge in [0.05, 0.1) is 5.54 Å². The molecule has 0 radical (unpaired) electrons. The lowest BCUT2D eigenvalue weighted by Gasteiger charge is -2.23. The van der Waals surface area contributed by atoms with E-state index >= 15 is 0 Å². The predicted molar refractivity (Wildman–Crippen MR) is 56.9 cm³/mol. The molecule has 0 heterocycles. The van der Waals surface area contributed by atoms with Crippen LogP contribution in [0.4, 0.5) is 0 Å². The second-order valence-electron chi connectivity index (χ2n) is 4.04. The van der Waals surface area contributed by atoms with Crippen molar-refractivity contribution in [2.75, 3.05) is 6.54 Å². The van der Waals surface area contributed by atoms with Crippen molar-refractivity contribution in [3.63, 3.8) is 0 Å². The molecule has 0 bridgehead atoms. The van der Waals surface area contributed by atoms with Crippen molar-refractivity contribution in [1.82, 2.24) is 5.32 Å². The molecule has 0 aliphatic rings. The number of ketones is 1. The van der Waals surface area contributed by atoms with E-state index in [1.54, 1.807) is 0 Å². The average molecular weight is 185 g/mol. The molecule has 1 N–H and O–H groups in total. The number of hydrogen-bond donors (Lipinski definition) is 1. The van der Waals surface area contributed by atoms with Crippen molar-refractivity contribution in [3.8, 4) is 0 Å². The summed E-state index contributed by atoms with van der Waals surface area (Å²) in [7, 11) is 0. The number of unbranched alkanes of at least 4 members (excludes halogenated alkanes) is 2. The minimum Gasteiger partial charge on any atom is -0.306 e. The zero-order valence-corrected chi connectivity index (χ0v) is 9.44. The van der Waals surface area contributed by atoms with Crippen LogP contribution in [0.2, 0.25) is 0 Å². The van der Waals surface area contributed by atoms with E-state index in [9.17, 15) is 4.79 Å². The molecule has 0 aliphatic heterocycles. The number of rotatable bonds is 7. The van der Waals surface area contributed by atoms with Gasteiger partial charge in [-0.1, -0.05) is 26.7 Å². The third kappa shape index (κ3) is 5.04. The van der Waals surface area contributed by atoms with Crippen LogP contribution in [0, 0.1) is 0 Å². The molecule has 0 atom stereocenters. The molecule has 78 valence electrons. The molecular formula is C11H23NO. The first kappa shape index (κ1) is 12.6. The topological polar surface area (TPSA) is 29.1 Å². The maximum absolute atomic E-state index is 11.7. The molecule has 0 aromatic carbocycles. The zero-order chi connectivity index (χ0) is 10.3. The Labute approximate surface area is 82.1 Å². The first-order valence-corrected chi connectivity index (χ1v) is 5.33. The lowest BCUT2D eigenvalue weighted by Crippen LogP contribution is -2.46. The number of carbonyl (C=O) groups is 1. The smallest absolute Gasteiger partial charge is 0.152 e. The highest BCUT2D eigenvalue weighted by atomic mass is 16.1. The van der Waals surface area contributed by atoms with Gasteiger partial charge in [0.25, 0.3) is 0 Å². The molecule has 0 aromatic heterocycles. The molecule has 0 saturated carbocycles. The lowest BCUT2D eigenvalue weighted by atomic mass is 9.95. The van der Waals surface area contributed by atoms with E-state index in [2.05, 4.69) is 12.2 Å². The van der Waals surface area contributed by atoms with E-state index in [1.165, 1.54) is 6.42 Å². The van der Waals surface area contributed by atoms with Crippen LogP contribution in [-0.2, 0) is 4.79 Å². The monoisotopic (exact) mass is 185 g/mol. The van der Waals surface area contributed by atoms with Gasteiger partial charge in [0.1, 0.15) is 0 Å². The van der Waals surface area contributed by atoms with E-state index < -0.39 is 0 Å². The second kappa shape index (κ2) is 6.14. The summed E-state index contributed by atoms with van der Waals surface area (Å²) < 4.78 is 0. The third-order valence-corrected chi connectivity index (χ3v) is 2.32. The molecule has 0 amide bonds. The summed E-state index contributed by atoms with van der Waals surface area (Å²) in [4.78, 5) is 11.7. The predicted octanol–water partition coefficient (Wildman–Crippen LogP) is 2.52. The van der Waals surface area contributed by atoms with Gasteiger partial charge < -0.3 is 5.32 Å². The van der Waals surface area contributed by atoms with Crippen LogP contribution in [0.1, 0.15) is 53.4 Å². The Kier molecular flexibility index (Phi) is 5.97. The minimum absolute atomic E-state index is 0.331. The van der Waals surface area contributed by atoms with Crippen LogP contribution in [0.25, 0.3) is 0 Å². The Morgan fingerprint density at radius 3 is 2.31 bits per heavy atom. The number of carbonyl (C=O) groups excluding carboxylic acids is 1. The van der Waals surface area contributed by atoms with Crippen molar-refractivity contribution in [2.24, 2.45) is 0 Å². The van der Waals surface area contributed by atoms with Gasteiger partial charge in [-0.25, -0.2) is 0 Å². The summed E-state index contributed by atoms with van der Waals surface area (Å²) in [6.45, 7) is 8.96. The summed E-state index contributed by atoms with van der Waals surface area (Å²) in [5.41, 5.74) is -0.331. The second-order valence-corrected chi connectivity index (χ2v) is 4.04. The van der Waals surface area contributed by atoms with Crippen LogP contribution in [0.3, 0.4) is 0 Å². The summed E-state index contributed by atoms with van der Waals surface area (Å²) in [5.74, 6) is 0.336. The Morgan fingerprint density at radius 1 is 1.23 bits per heavy atom. The molecule has 13 heavy (non-hydrogen) atoms. The Morgan fingerprint density at radius 2 is 1.85 bits per heavy atom. The van der Waals surface area contributed by atoms with Gasteiger partial charge in [0.2, 0.25) is 0 Å². The van der Waals surface area contributed by atoms with Crippen molar-refractivity contribution >= 4 is 5.78 Å². The van der Waals surface area contributed by atoms with Crippen LogP contribution in [-0.4, -0.2) is 17.9 Å². The summed E-state index contributed by atoms with van der Waals surface area (Å²) >= 11 is 0. The summed E-state index contributed by atoms with van der Waals surface area (Å²) in [6, 6.07) is 0. The maximum atomic E-state index is 11.7. The molecule has 2 nitrogen and oxygen atoms in total. The van der Waals surface area contributed by atoms with Gasteiger partial charge in [-0.05, 0) is 26.8 Å². The number of hydrogen-bond acceptors (Lipinski definition) is 2. The van der Waals surface area contributed by atoms with Crippen molar-refractivity contribution in [2.45, 2.75) is 58.9 Å². The molecule has 0 saturated heterocycles. The minimum atomic E-state index is -0.331. The van der Waals surface area contributed by atoms with Crippen LogP contribution in [0.15, 0.2) is 0 Å². The Bertz CT molecular complexity index is 152. The van der Waals surface area contributed by atoms with Gasteiger partial charge in [0.15, 0.2) is 5.78 Å². The van der Waals surface area contributed by atoms with E-state index in [0.29, 0.717) is 12.2 Å². The first-order valence-electron chi connectivity index (χ1n) is 5.33. The molecule has 0 spiro atoms. The normalized spacial score (nSPS) is 11.7. The molecule has 0 fully saturated rings. The van der Waals surface area contributed by atoms with Crippen molar-refractivity contribution in [3.05, 3.63) is 0 Å². The van der Waals surface area contributed by atoms with E-state index in [1.807, 2.05) is 20.8 Å². The molecule has 0 aromatic rings. The van der Waals surface area contributed by atoms with E-state index in [-0.39, 0.29) is 5.54 Å². The zero-order valence-electron chi connectivity index (χ0n) is 9.44. The van der Waals surface area contributed by atoms with Gasteiger partial charge in [-0.15, -0.1) is 0 Å². The number of nitrogens with one attached hydrogen (secondary N) is 1. The molecule has 0 rings (SSSR count). The van der Waals surface area contributed by atoms with Crippen molar-refractivity contribution in [1.29, 1.82) is 0 Å². The number of likely N-dealkylation sites (N-methyl/N-ethyl adjacent to an activating group) is 1. The average Bonchev–Trinajstić information content (AvgIpc) is 2.04. The molecule has 0 unspecified atom stereocenters. The summed E-state index contributed by atoms with van der Waals surface area (Å²) in [5, 5.41) is 3.20. The van der Waals surface area contributed by atoms with Gasteiger partial charge >= 0.3 is 0 Å². The standard InChI is InChI=1S/C11H23NO/c1-5-7-8-9-10(13)11(3,4)12-6-2/h12H,5-9H2,1-4H3. The molecule has 2 heteroatoms. The maximum Gasteiger partial charge on any atom is 0.152 e. The molecular weight excluding hydrogens is 162 g/mol. The van der Waals surface area contributed by atoms with Gasteiger partial charge in [-0.3, -0.25) is 4.79 Å².